The van der Waals surface area contributed by atoms with Gasteiger partial charge in [0.1, 0.15) is 0 Å². The third kappa shape index (κ3) is 3.99. The minimum Gasteiger partial charge on any atom is -0.207 e. The average Bonchev–Trinajstić information content (AvgIpc) is 2.54. The van der Waals surface area contributed by atoms with E-state index in [9.17, 15) is 8.42 Å². The Bertz CT molecular complexity index is 572. The van der Waals surface area contributed by atoms with Gasteiger partial charge in [-0.2, -0.15) is 4.31 Å². The standard InChI is InChI=1S/C18H27NO2S/c1-3-8-16-11-13-18(14-12-16)22(20,21)19(15-4-2)17-9-6-5-7-10-17/h4,11-14,17H,2-3,5-10,15H2,1H3. The maximum Gasteiger partial charge on any atom is 0.243 e. The Kier molecular flexibility index (Phi) is 6.21. The Labute approximate surface area is 135 Å². The lowest BCUT2D eigenvalue weighted by Crippen LogP contribution is -2.41. The van der Waals surface area contributed by atoms with Crippen LogP contribution < -0.4 is 0 Å². The van der Waals surface area contributed by atoms with E-state index in [1.165, 1.54) is 12.0 Å². The number of benzene rings is 1. The van der Waals surface area contributed by atoms with Crippen LogP contribution >= 0.6 is 0 Å². The number of hydrogen-bond donors (Lipinski definition) is 0. The topological polar surface area (TPSA) is 37.4 Å². The molecular weight excluding hydrogens is 294 g/mol. The zero-order chi connectivity index (χ0) is 16.0. The van der Waals surface area contributed by atoms with Crippen molar-refractivity contribution in [2.75, 3.05) is 6.54 Å². The molecule has 0 atom stereocenters. The summed E-state index contributed by atoms with van der Waals surface area (Å²) in [5.74, 6) is 0. The lowest BCUT2D eigenvalue weighted by molar-refractivity contribution is 0.269. The van der Waals surface area contributed by atoms with Crippen molar-refractivity contribution >= 4 is 10.0 Å². The highest BCUT2D eigenvalue weighted by molar-refractivity contribution is 7.89. The van der Waals surface area contributed by atoms with Gasteiger partial charge in [-0.25, -0.2) is 8.42 Å². The number of hydrogen-bond acceptors (Lipinski definition) is 2. The van der Waals surface area contributed by atoms with E-state index in [0.717, 1.165) is 38.5 Å². The zero-order valence-electron chi connectivity index (χ0n) is 13.5. The van der Waals surface area contributed by atoms with Crippen molar-refractivity contribution in [3.63, 3.8) is 0 Å². The van der Waals surface area contributed by atoms with E-state index in [-0.39, 0.29) is 6.04 Å². The van der Waals surface area contributed by atoms with Gasteiger partial charge in [0, 0.05) is 12.6 Å². The van der Waals surface area contributed by atoms with E-state index < -0.39 is 10.0 Å². The summed E-state index contributed by atoms with van der Waals surface area (Å²) in [7, 11) is -3.43. The maximum absolute atomic E-state index is 13.0. The van der Waals surface area contributed by atoms with Gasteiger partial charge in [-0.3, -0.25) is 0 Å². The second kappa shape index (κ2) is 7.93. The van der Waals surface area contributed by atoms with Gasteiger partial charge in [0.25, 0.3) is 0 Å². The molecule has 122 valence electrons. The Hall–Kier alpha value is -1.13. The molecule has 0 spiro atoms. The molecule has 1 aromatic carbocycles. The SMILES string of the molecule is C=CCN(C1CCCCC1)S(=O)(=O)c1ccc(CCC)cc1. The highest BCUT2D eigenvalue weighted by Crippen LogP contribution is 2.28. The van der Waals surface area contributed by atoms with Crippen molar-refractivity contribution in [1.82, 2.24) is 4.31 Å². The smallest absolute Gasteiger partial charge is 0.207 e. The van der Waals surface area contributed by atoms with Gasteiger partial charge in [0.2, 0.25) is 10.0 Å². The number of rotatable bonds is 7. The molecule has 0 unspecified atom stereocenters. The molecule has 0 radical (unpaired) electrons. The summed E-state index contributed by atoms with van der Waals surface area (Å²) < 4.78 is 27.6. The van der Waals surface area contributed by atoms with E-state index in [1.54, 1.807) is 22.5 Å². The van der Waals surface area contributed by atoms with Crippen LogP contribution in [0.25, 0.3) is 0 Å². The molecule has 0 saturated heterocycles. The van der Waals surface area contributed by atoms with Crippen molar-refractivity contribution in [2.24, 2.45) is 0 Å². The second-order valence-corrected chi connectivity index (χ2v) is 7.94. The largest absolute Gasteiger partial charge is 0.243 e. The molecule has 0 N–H and O–H groups in total. The first-order chi connectivity index (χ1) is 10.6. The van der Waals surface area contributed by atoms with E-state index in [2.05, 4.69) is 13.5 Å². The van der Waals surface area contributed by atoms with Crippen molar-refractivity contribution < 1.29 is 8.42 Å². The predicted octanol–water partition coefficient (Wildman–Crippen LogP) is 4.15. The Morgan fingerprint density at radius 1 is 1.18 bits per heavy atom. The summed E-state index contributed by atoms with van der Waals surface area (Å²) in [6, 6.07) is 7.48. The van der Waals surface area contributed by atoms with E-state index in [0.29, 0.717) is 11.4 Å². The third-order valence-electron chi connectivity index (χ3n) is 4.36. The zero-order valence-corrected chi connectivity index (χ0v) is 14.3. The molecule has 1 saturated carbocycles. The fourth-order valence-corrected chi connectivity index (χ4v) is 4.85. The quantitative estimate of drug-likeness (QED) is 0.708. The van der Waals surface area contributed by atoms with Crippen LogP contribution in [0.2, 0.25) is 0 Å². The molecule has 0 amide bonds. The molecule has 0 aliphatic heterocycles. The summed E-state index contributed by atoms with van der Waals surface area (Å²) in [5, 5.41) is 0. The lowest BCUT2D eigenvalue weighted by atomic mass is 9.95. The van der Waals surface area contributed by atoms with Crippen LogP contribution in [0.3, 0.4) is 0 Å². The summed E-state index contributed by atoms with van der Waals surface area (Å²) >= 11 is 0. The Morgan fingerprint density at radius 2 is 1.82 bits per heavy atom. The fraction of sp³-hybridized carbons (Fsp3) is 0.556. The van der Waals surface area contributed by atoms with E-state index in [1.807, 2.05) is 12.1 Å². The van der Waals surface area contributed by atoms with Crippen molar-refractivity contribution in [3.05, 3.63) is 42.5 Å². The van der Waals surface area contributed by atoms with Crippen LogP contribution in [0, 0.1) is 0 Å². The number of nitrogens with zero attached hydrogens (tertiary/aromatic N) is 1. The molecule has 1 aromatic rings. The molecule has 1 aliphatic carbocycles. The van der Waals surface area contributed by atoms with Gasteiger partial charge in [0.15, 0.2) is 0 Å². The number of aryl methyl sites for hydroxylation is 1. The summed E-state index contributed by atoms with van der Waals surface area (Å²) in [5.41, 5.74) is 1.19. The van der Waals surface area contributed by atoms with Crippen molar-refractivity contribution in [2.45, 2.75) is 62.8 Å². The van der Waals surface area contributed by atoms with E-state index in [4.69, 9.17) is 0 Å². The van der Waals surface area contributed by atoms with Gasteiger partial charge < -0.3 is 0 Å². The average molecular weight is 321 g/mol. The number of sulfonamides is 1. The molecule has 4 heteroatoms. The minimum absolute atomic E-state index is 0.118. The third-order valence-corrected chi connectivity index (χ3v) is 6.29. The Morgan fingerprint density at radius 3 is 2.36 bits per heavy atom. The Balaban J connectivity index is 2.25. The first-order valence-corrected chi connectivity index (χ1v) is 9.75. The first-order valence-electron chi connectivity index (χ1n) is 8.31. The highest BCUT2D eigenvalue weighted by atomic mass is 32.2. The van der Waals surface area contributed by atoms with Gasteiger partial charge in [0.05, 0.1) is 4.90 Å². The lowest BCUT2D eigenvalue weighted by Gasteiger charge is -2.32. The molecule has 0 bridgehead atoms. The molecule has 2 rings (SSSR count). The van der Waals surface area contributed by atoms with E-state index >= 15 is 0 Å². The van der Waals surface area contributed by atoms with Crippen LogP contribution in [-0.4, -0.2) is 25.3 Å². The predicted molar refractivity (Wildman–Crippen MR) is 91.4 cm³/mol. The van der Waals surface area contributed by atoms with Gasteiger partial charge in [-0.05, 0) is 37.0 Å². The van der Waals surface area contributed by atoms with Gasteiger partial charge in [-0.1, -0.05) is 50.8 Å². The molecule has 0 heterocycles. The van der Waals surface area contributed by atoms with Crippen LogP contribution in [-0.2, 0) is 16.4 Å². The molecule has 1 aliphatic rings. The van der Waals surface area contributed by atoms with Crippen molar-refractivity contribution in [1.29, 1.82) is 0 Å². The van der Waals surface area contributed by atoms with Crippen molar-refractivity contribution in [3.8, 4) is 0 Å². The second-order valence-electron chi connectivity index (χ2n) is 6.05. The molecule has 3 nitrogen and oxygen atoms in total. The molecule has 0 aromatic heterocycles. The van der Waals surface area contributed by atoms with Crippen LogP contribution in [0.15, 0.2) is 41.8 Å². The fourth-order valence-electron chi connectivity index (χ4n) is 3.19. The summed E-state index contributed by atoms with van der Waals surface area (Å²) in [6.07, 6.45) is 9.10. The minimum atomic E-state index is -3.43. The maximum atomic E-state index is 13.0. The van der Waals surface area contributed by atoms with Gasteiger partial charge in [-0.15, -0.1) is 6.58 Å². The molecule has 1 fully saturated rings. The molecule has 22 heavy (non-hydrogen) atoms. The van der Waals surface area contributed by atoms with Crippen LogP contribution in [0.5, 0.6) is 0 Å². The van der Waals surface area contributed by atoms with Gasteiger partial charge >= 0.3 is 0 Å². The summed E-state index contributed by atoms with van der Waals surface area (Å²) in [6.45, 7) is 6.25. The first kappa shape index (κ1) is 17.2. The monoisotopic (exact) mass is 321 g/mol. The van der Waals surface area contributed by atoms with Crippen LogP contribution in [0.4, 0.5) is 0 Å². The highest BCUT2D eigenvalue weighted by Gasteiger charge is 2.31. The molecular formula is C18H27NO2S. The normalized spacial score (nSPS) is 16.8. The summed E-state index contributed by atoms with van der Waals surface area (Å²) in [4.78, 5) is 0.403. The van der Waals surface area contributed by atoms with Crippen LogP contribution in [0.1, 0.15) is 51.0 Å².